The van der Waals surface area contributed by atoms with Gasteiger partial charge < -0.3 is 4.74 Å². The maximum atomic E-state index is 10.7. The monoisotopic (exact) mass is 261 g/mol. The Balaban J connectivity index is 2.20. The van der Waals surface area contributed by atoms with Crippen molar-refractivity contribution in [3.63, 3.8) is 0 Å². The third-order valence-corrected chi connectivity index (χ3v) is 3.45. The number of nitrogens with zero attached hydrogens (tertiary/aromatic N) is 1. The Hall–Kier alpha value is -1.68. The first-order chi connectivity index (χ1) is 9.06. The number of ether oxygens (including phenoxy) is 1. The zero-order chi connectivity index (χ0) is 13.8. The molecule has 0 amide bonds. The lowest BCUT2D eigenvalue weighted by Gasteiger charge is -2.25. The normalized spacial score (nSPS) is 26.9. The largest absolute Gasteiger partial charge is 0.370 e. The summed E-state index contributed by atoms with van der Waals surface area (Å²) in [7, 11) is 0. The molecule has 0 radical (unpaired) electrons. The van der Waals surface area contributed by atoms with Gasteiger partial charge in [-0.1, -0.05) is 11.6 Å². The lowest BCUT2D eigenvalue weighted by atomic mass is 9.98. The standard InChI is InChI=1S/C15H19NO3/c1-11-4-3-5-12(2)19-15(10-11)13-6-8-14(9-7-13)16(17)18/h4,6-9,12,15H,3,5,10H2,1-2H3/b11-4-/t12-,15-/m0/s1. The van der Waals surface area contributed by atoms with Crippen LogP contribution in [0.1, 0.15) is 44.8 Å². The molecule has 0 unspecified atom stereocenters. The van der Waals surface area contributed by atoms with E-state index in [1.807, 2.05) is 0 Å². The Labute approximate surface area is 113 Å². The van der Waals surface area contributed by atoms with Crippen molar-refractivity contribution in [3.05, 3.63) is 51.6 Å². The van der Waals surface area contributed by atoms with Crippen molar-refractivity contribution in [1.29, 1.82) is 0 Å². The van der Waals surface area contributed by atoms with Crippen LogP contribution in [0.2, 0.25) is 0 Å². The highest BCUT2D eigenvalue weighted by Crippen LogP contribution is 2.30. The predicted molar refractivity (Wildman–Crippen MR) is 74.0 cm³/mol. The van der Waals surface area contributed by atoms with E-state index in [2.05, 4.69) is 19.9 Å². The number of hydrogen-bond acceptors (Lipinski definition) is 3. The average molecular weight is 261 g/mol. The van der Waals surface area contributed by atoms with Crippen LogP contribution in [0.4, 0.5) is 5.69 Å². The molecule has 2 rings (SSSR count). The van der Waals surface area contributed by atoms with Crippen molar-refractivity contribution >= 4 is 5.69 Å². The predicted octanol–water partition coefficient (Wildman–Crippen LogP) is 4.17. The van der Waals surface area contributed by atoms with E-state index in [9.17, 15) is 10.1 Å². The molecule has 2 atom stereocenters. The SMILES string of the molecule is C/C1=C/CC[C@H](C)O[C@H](c2ccc([N+](=O)[O-])cc2)C1. The summed E-state index contributed by atoms with van der Waals surface area (Å²) in [5, 5.41) is 10.7. The first-order valence-corrected chi connectivity index (χ1v) is 6.61. The van der Waals surface area contributed by atoms with Gasteiger partial charge in [-0.15, -0.1) is 0 Å². The molecule has 0 aromatic heterocycles. The van der Waals surface area contributed by atoms with E-state index >= 15 is 0 Å². The minimum absolute atomic E-state index is 0.00708. The second kappa shape index (κ2) is 5.97. The van der Waals surface area contributed by atoms with Gasteiger partial charge in [0.15, 0.2) is 0 Å². The Morgan fingerprint density at radius 3 is 2.63 bits per heavy atom. The summed E-state index contributed by atoms with van der Waals surface area (Å²) in [5.41, 5.74) is 2.44. The molecule has 0 saturated carbocycles. The van der Waals surface area contributed by atoms with Crippen LogP contribution in [0, 0.1) is 10.1 Å². The fourth-order valence-electron chi connectivity index (χ4n) is 2.34. The average Bonchev–Trinajstić information content (AvgIpc) is 2.36. The molecular weight excluding hydrogens is 242 g/mol. The summed E-state index contributed by atoms with van der Waals surface area (Å²) in [6.45, 7) is 4.19. The molecule has 1 aromatic carbocycles. The van der Waals surface area contributed by atoms with Gasteiger partial charge in [-0.2, -0.15) is 0 Å². The highest BCUT2D eigenvalue weighted by molar-refractivity contribution is 5.34. The lowest BCUT2D eigenvalue weighted by Crippen LogP contribution is -2.16. The molecule has 4 nitrogen and oxygen atoms in total. The zero-order valence-corrected chi connectivity index (χ0v) is 11.3. The Bertz CT molecular complexity index is 479. The van der Waals surface area contributed by atoms with Gasteiger partial charge in [-0.05, 0) is 50.8 Å². The molecular formula is C15H19NO3. The second-order valence-corrected chi connectivity index (χ2v) is 5.12. The summed E-state index contributed by atoms with van der Waals surface area (Å²) >= 11 is 0. The van der Waals surface area contributed by atoms with Crippen molar-refractivity contribution in [3.8, 4) is 0 Å². The van der Waals surface area contributed by atoms with Gasteiger partial charge in [0, 0.05) is 12.1 Å². The molecule has 19 heavy (non-hydrogen) atoms. The van der Waals surface area contributed by atoms with E-state index in [1.165, 1.54) is 5.57 Å². The van der Waals surface area contributed by atoms with Crippen LogP contribution in [0.25, 0.3) is 0 Å². The quantitative estimate of drug-likeness (QED) is 0.456. The van der Waals surface area contributed by atoms with Gasteiger partial charge in [0.05, 0.1) is 17.1 Å². The lowest BCUT2D eigenvalue weighted by molar-refractivity contribution is -0.384. The molecule has 4 heteroatoms. The topological polar surface area (TPSA) is 52.4 Å². The van der Waals surface area contributed by atoms with Crippen molar-refractivity contribution in [1.82, 2.24) is 0 Å². The second-order valence-electron chi connectivity index (χ2n) is 5.12. The number of benzene rings is 1. The van der Waals surface area contributed by atoms with Gasteiger partial charge in [0.2, 0.25) is 0 Å². The van der Waals surface area contributed by atoms with Crippen LogP contribution in [-0.2, 0) is 4.74 Å². The summed E-state index contributed by atoms with van der Waals surface area (Å²) in [6, 6.07) is 6.68. The Morgan fingerprint density at radius 2 is 2.00 bits per heavy atom. The third kappa shape index (κ3) is 3.64. The molecule has 0 N–H and O–H groups in total. The molecule has 1 aliphatic rings. The fourth-order valence-corrected chi connectivity index (χ4v) is 2.34. The summed E-state index contributed by atoms with van der Waals surface area (Å²) in [5.74, 6) is 0. The minimum Gasteiger partial charge on any atom is -0.370 e. The highest BCUT2D eigenvalue weighted by Gasteiger charge is 2.19. The number of non-ortho nitro benzene ring substituents is 1. The van der Waals surface area contributed by atoms with E-state index in [1.54, 1.807) is 24.3 Å². The van der Waals surface area contributed by atoms with Crippen molar-refractivity contribution in [2.75, 3.05) is 0 Å². The molecule has 0 saturated heterocycles. The van der Waals surface area contributed by atoms with Gasteiger partial charge in [-0.25, -0.2) is 0 Å². The van der Waals surface area contributed by atoms with Crippen molar-refractivity contribution < 1.29 is 9.66 Å². The van der Waals surface area contributed by atoms with Crippen LogP contribution in [0.15, 0.2) is 35.9 Å². The summed E-state index contributed by atoms with van der Waals surface area (Å²) < 4.78 is 6.04. The fraction of sp³-hybridized carbons (Fsp3) is 0.467. The van der Waals surface area contributed by atoms with E-state index in [0.717, 1.165) is 24.8 Å². The number of nitro benzene ring substituents is 1. The van der Waals surface area contributed by atoms with Gasteiger partial charge in [0.25, 0.3) is 5.69 Å². The first kappa shape index (κ1) is 13.7. The number of rotatable bonds is 2. The van der Waals surface area contributed by atoms with Crippen LogP contribution in [0.3, 0.4) is 0 Å². The molecule has 0 bridgehead atoms. The number of nitro groups is 1. The summed E-state index contributed by atoms with van der Waals surface area (Å²) in [6.07, 6.45) is 5.39. The van der Waals surface area contributed by atoms with Gasteiger partial charge in [0.1, 0.15) is 0 Å². The number of hydrogen-bond donors (Lipinski definition) is 0. The Morgan fingerprint density at radius 1 is 1.32 bits per heavy atom. The molecule has 1 aliphatic heterocycles. The zero-order valence-electron chi connectivity index (χ0n) is 11.3. The molecule has 1 heterocycles. The smallest absolute Gasteiger partial charge is 0.269 e. The summed E-state index contributed by atoms with van der Waals surface area (Å²) in [4.78, 5) is 10.3. The van der Waals surface area contributed by atoms with Crippen LogP contribution < -0.4 is 0 Å². The third-order valence-electron chi connectivity index (χ3n) is 3.45. The van der Waals surface area contributed by atoms with Crippen LogP contribution in [-0.4, -0.2) is 11.0 Å². The van der Waals surface area contributed by atoms with Crippen LogP contribution in [0.5, 0.6) is 0 Å². The molecule has 0 aliphatic carbocycles. The van der Waals surface area contributed by atoms with E-state index < -0.39 is 0 Å². The van der Waals surface area contributed by atoms with Gasteiger partial charge >= 0.3 is 0 Å². The molecule has 0 fully saturated rings. The van der Waals surface area contributed by atoms with Crippen molar-refractivity contribution in [2.24, 2.45) is 0 Å². The molecule has 1 aromatic rings. The first-order valence-electron chi connectivity index (χ1n) is 6.61. The van der Waals surface area contributed by atoms with Gasteiger partial charge in [-0.3, -0.25) is 10.1 Å². The maximum absolute atomic E-state index is 10.7. The molecule has 102 valence electrons. The Kier molecular flexibility index (Phi) is 4.32. The minimum atomic E-state index is -0.378. The van der Waals surface area contributed by atoms with E-state index in [-0.39, 0.29) is 22.8 Å². The van der Waals surface area contributed by atoms with E-state index in [4.69, 9.17) is 4.74 Å². The van der Waals surface area contributed by atoms with E-state index in [0.29, 0.717) is 0 Å². The number of allylic oxidation sites excluding steroid dienone is 1. The molecule has 0 spiro atoms. The highest BCUT2D eigenvalue weighted by atomic mass is 16.6. The maximum Gasteiger partial charge on any atom is 0.269 e. The van der Waals surface area contributed by atoms with Crippen molar-refractivity contribution in [2.45, 2.75) is 45.3 Å². The van der Waals surface area contributed by atoms with Crippen LogP contribution >= 0.6 is 0 Å².